The van der Waals surface area contributed by atoms with Crippen LogP contribution in [0, 0.1) is 5.41 Å². The van der Waals surface area contributed by atoms with Gasteiger partial charge in [0.15, 0.2) is 0 Å². The van der Waals surface area contributed by atoms with Gasteiger partial charge in [0.25, 0.3) is 0 Å². The van der Waals surface area contributed by atoms with Crippen LogP contribution in [0.3, 0.4) is 0 Å². The summed E-state index contributed by atoms with van der Waals surface area (Å²) in [6, 6.07) is -0.129. The molecule has 1 aliphatic carbocycles. The summed E-state index contributed by atoms with van der Waals surface area (Å²) in [5.41, 5.74) is -0.685. The quantitative estimate of drug-likeness (QED) is 0.814. The molecule has 102 valence electrons. The molecule has 2 amide bonds. The second-order valence-electron chi connectivity index (χ2n) is 5.77. The fourth-order valence-electron chi connectivity index (χ4n) is 2.16. The molecule has 1 aliphatic heterocycles. The number of carbonyl (C=O) groups is 2. The first-order valence-electron chi connectivity index (χ1n) is 6.25. The minimum Gasteiger partial charge on any atom is -0.481 e. The minimum absolute atomic E-state index is 0.0830. The van der Waals surface area contributed by atoms with Gasteiger partial charge >= 0.3 is 12.0 Å². The number of rotatable bonds is 3. The molecule has 0 aromatic heterocycles. The third kappa shape index (κ3) is 2.91. The molecule has 2 fully saturated rings. The lowest BCUT2D eigenvalue weighted by Gasteiger charge is -2.37. The zero-order chi connectivity index (χ0) is 13.4. The molecule has 2 N–H and O–H groups in total. The summed E-state index contributed by atoms with van der Waals surface area (Å²) in [5, 5.41) is 11.8. The Morgan fingerprint density at radius 1 is 1.39 bits per heavy atom. The second-order valence-corrected chi connectivity index (χ2v) is 7.58. The lowest BCUT2D eigenvalue weighted by molar-refractivity contribution is -0.143. The van der Waals surface area contributed by atoms with Gasteiger partial charge in [-0.1, -0.05) is 0 Å². The number of aliphatic carboxylic acids is 1. The van der Waals surface area contributed by atoms with Gasteiger partial charge in [-0.15, -0.1) is 0 Å². The fraction of sp³-hybridized carbons (Fsp3) is 0.833. The van der Waals surface area contributed by atoms with Crippen LogP contribution in [0.25, 0.3) is 0 Å². The zero-order valence-electron chi connectivity index (χ0n) is 10.9. The van der Waals surface area contributed by atoms with Crippen LogP contribution in [0.1, 0.15) is 26.7 Å². The molecule has 6 heteroatoms. The Labute approximate surface area is 111 Å². The number of carbonyl (C=O) groups excluding carboxylic acids is 1. The third-order valence-corrected chi connectivity index (χ3v) is 4.90. The molecule has 5 nitrogen and oxygen atoms in total. The largest absolute Gasteiger partial charge is 0.481 e. The summed E-state index contributed by atoms with van der Waals surface area (Å²) in [6.45, 7) is 5.95. The van der Waals surface area contributed by atoms with Crippen LogP contribution in [0.15, 0.2) is 0 Å². The Morgan fingerprint density at radius 2 is 2.06 bits per heavy atom. The van der Waals surface area contributed by atoms with Crippen molar-refractivity contribution in [2.75, 3.05) is 25.4 Å². The Kier molecular flexibility index (Phi) is 3.49. The van der Waals surface area contributed by atoms with Crippen LogP contribution >= 0.6 is 11.8 Å². The number of nitrogens with zero attached hydrogens (tertiary/aromatic N) is 1. The highest BCUT2D eigenvalue weighted by Gasteiger charge is 2.50. The minimum atomic E-state index is -0.794. The van der Waals surface area contributed by atoms with E-state index in [0.717, 1.165) is 12.3 Å². The number of carboxylic acid groups (broad SMARTS) is 1. The van der Waals surface area contributed by atoms with E-state index in [1.54, 1.807) is 4.90 Å². The Balaban J connectivity index is 1.83. The molecule has 1 saturated carbocycles. The first-order valence-corrected chi connectivity index (χ1v) is 7.23. The van der Waals surface area contributed by atoms with Crippen molar-refractivity contribution in [3.05, 3.63) is 0 Å². The van der Waals surface area contributed by atoms with Gasteiger partial charge in [0, 0.05) is 30.1 Å². The van der Waals surface area contributed by atoms with Gasteiger partial charge in [-0.2, -0.15) is 11.8 Å². The van der Waals surface area contributed by atoms with Crippen molar-refractivity contribution < 1.29 is 14.7 Å². The monoisotopic (exact) mass is 272 g/mol. The number of hydrogen-bond acceptors (Lipinski definition) is 3. The highest BCUT2D eigenvalue weighted by Crippen LogP contribution is 2.45. The average molecular weight is 272 g/mol. The standard InChI is InChI=1S/C12H20N2O3S/c1-11(2)8-14(5-6-18-11)10(17)13-7-12(3-4-12)9(15)16/h3-8H2,1-2H3,(H,13,17)(H,15,16). The number of amides is 2. The van der Waals surface area contributed by atoms with Crippen LogP contribution in [0.2, 0.25) is 0 Å². The predicted octanol–water partition coefficient (Wildman–Crippen LogP) is 1.39. The van der Waals surface area contributed by atoms with Crippen molar-refractivity contribution in [2.24, 2.45) is 5.41 Å². The summed E-state index contributed by atoms with van der Waals surface area (Å²) in [4.78, 5) is 24.8. The molecular formula is C12H20N2O3S. The van der Waals surface area contributed by atoms with Crippen LogP contribution in [-0.2, 0) is 4.79 Å². The molecular weight excluding hydrogens is 252 g/mol. The Morgan fingerprint density at radius 3 is 2.56 bits per heavy atom. The summed E-state index contributed by atoms with van der Waals surface area (Å²) < 4.78 is 0.0830. The maximum absolute atomic E-state index is 12.0. The highest BCUT2D eigenvalue weighted by atomic mass is 32.2. The zero-order valence-corrected chi connectivity index (χ0v) is 11.7. The van der Waals surface area contributed by atoms with Crippen molar-refractivity contribution in [3.8, 4) is 0 Å². The molecule has 0 spiro atoms. The van der Waals surface area contributed by atoms with Crippen LogP contribution in [0.4, 0.5) is 4.79 Å². The molecule has 18 heavy (non-hydrogen) atoms. The number of hydrogen-bond donors (Lipinski definition) is 2. The van der Waals surface area contributed by atoms with E-state index in [-0.39, 0.29) is 17.3 Å². The number of urea groups is 1. The van der Waals surface area contributed by atoms with Gasteiger partial charge in [-0.25, -0.2) is 4.79 Å². The lowest BCUT2D eigenvalue weighted by atomic mass is 10.1. The molecule has 2 rings (SSSR count). The summed E-state index contributed by atoms with van der Waals surface area (Å²) >= 11 is 1.87. The van der Waals surface area contributed by atoms with Crippen LogP contribution in [-0.4, -0.2) is 52.1 Å². The smallest absolute Gasteiger partial charge is 0.317 e. The summed E-state index contributed by atoms with van der Waals surface area (Å²) in [5.74, 6) is 0.141. The SMILES string of the molecule is CC1(C)CN(C(=O)NCC2(C(=O)O)CC2)CCS1. The molecule has 1 saturated heterocycles. The summed E-state index contributed by atoms with van der Waals surface area (Å²) in [6.07, 6.45) is 1.34. The molecule has 0 bridgehead atoms. The van der Waals surface area contributed by atoms with Crippen LogP contribution in [0.5, 0.6) is 0 Å². The van der Waals surface area contributed by atoms with Gasteiger partial charge < -0.3 is 15.3 Å². The van der Waals surface area contributed by atoms with E-state index in [0.29, 0.717) is 19.4 Å². The van der Waals surface area contributed by atoms with Crippen molar-refractivity contribution in [2.45, 2.75) is 31.4 Å². The normalized spacial score (nSPS) is 24.4. The first kappa shape index (κ1) is 13.5. The van der Waals surface area contributed by atoms with Gasteiger partial charge in [0.1, 0.15) is 0 Å². The Hall–Kier alpha value is -0.910. The number of carboxylic acids is 1. The van der Waals surface area contributed by atoms with E-state index in [9.17, 15) is 9.59 Å². The van der Waals surface area contributed by atoms with Crippen molar-refractivity contribution >= 4 is 23.8 Å². The molecule has 0 unspecified atom stereocenters. The van der Waals surface area contributed by atoms with Crippen molar-refractivity contribution in [3.63, 3.8) is 0 Å². The average Bonchev–Trinajstić information content (AvgIpc) is 3.05. The van der Waals surface area contributed by atoms with E-state index in [1.807, 2.05) is 11.8 Å². The molecule has 0 aromatic rings. The molecule has 1 heterocycles. The van der Waals surface area contributed by atoms with Gasteiger partial charge in [-0.3, -0.25) is 4.79 Å². The van der Waals surface area contributed by atoms with Gasteiger partial charge in [0.05, 0.1) is 5.41 Å². The number of thioether (sulfide) groups is 1. The molecule has 0 aromatic carbocycles. The van der Waals surface area contributed by atoms with Crippen molar-refractivity contribution in [1.29, 1.82) is 0 Å². The highest BCUT2D eigenvalue weighted by molar-refractivity contribution is 8.00. The van der Waals surface area contributed by atoms with Crippen molar-refractivity contribution in [1.82, 2.24) is 10.2 Å². The molecule has 0 radical (unpaired) electrons. The van der Waals surface area contributed by atoms with E-state index in [1.165, 1.54) is 0 Å². The summed E-state index contributed by atoms with van der Waals surface area (Å²) in [7, 11) is 0. The maximum Gasteiger partial charge on any atom is 0.317 e. The van der Waals surface area contributed by atoms with E-state index in [2.05, 4.69) is 19.2 Å². The van der Waals surface area contributed by atoms with Gasteiger partial charge in [-0.05, 0) is 26.7 Å². The molecule has 0 atom stereocenters. The Bertz CT molecular complexity index is 366. The van der Waals surface area contributed by atoms with Gasteiger partial charge in [0.2, 0.25) is 0 Å². The first-order chi connectivity index (χ1) is 8.35. The molecule has 2 aliphatic rings. The van der Waals surface area contributed by atoms with Crippen LogP contribution < -0.4 is 5.32 Å². The van der Waals surface area contributed by atoms with E-state index in [4.69, 9.17) is 5.11 Å². The lowest BCUT2D eigenvalue weighted by Crippen LogP contribution is -2.51. The fourth-order valence-corrected chi connectivity index (χ4v) is 3.27. The second kappa shape index (κ2) is 4.64. The van der Waals surface area contributed by atoms with E-state index < -0.39 is 11.4 Å². The van der Waals surface area contributed by atoms with E-state index >= 15 is 0 Å². The maximum atomic E-state index is 12.0. The predicted molar refractivity (Wildman–Crippen MR) is 70.8 cm³/mol. The topological polar surface area (TPSA) is 69.6 Å². The third-order valence-electron chi connectivity index (χ3n) is 3.60. The number of nitrogens with one attached hydrogen (secondary N) is 1.